The lowest BCUT2D eigenvalue weighted by molar-refractivity contribution is 0.445. The van der Waals surface area contributed by atoms with Crippen LogP contribution in [0.3, 0.4) is 0 Å². The second kappa shape index (κ2) is 12.0. The van der Waals surface area contributed by atoms with E-state index in [-0.39, 0.29) is 11.8 Å². The molecule has 0 radical (unpaired) electrons. The molecule has 2 aliphatic rings. The Bertz CT molecular complexity index is 2590. The van der Waals surface area contributed by atoms with Gasteiger partial charge in [-0.05, 0) is 42.7 Å². The molecule has 0 saturated heterocycles. The van der Waals surface area contributed by atoms with Crippen LogP contribution in [-0.4, -0.2) is 14.5 Å². The zero-order chi connectivity index (χ0) is 33.9. The Morgan fingerprint density at radius 1 is 0.686 bits per heavy atom. The Labute approximate surface area is 297 Å². The van der Waals surface area contributed by atoms with Crippen molar-refractivity contribution >= 4 is 33.5 Å². The highest BCUT2D eigenvalue weighted by atomic mass is 16.3. The molecule has 0 aliphatic heterocycles. The fourth-order valence-electron chi connectivity index (χ4n) is 8.27. The van der Waals surface area contributed by atoms with Gasteiger partial charge in [-0.2, -0.15) is 0 Å². The SMILES string of the molecule is CC1c2oc3c(c2C=CC1c1cccc2c4ccccc4n(-c4ccccc4)c12)CCC=C3c1nc(-c2ccccc2)cc(-c2ccccc2)n1. The first-order chi connectivity index (χ1) is 25.2. The van der Waals surface area contributed by atoms with Gasteiger partial charge < -0.3 is 8.98 Å². The first kappa shape index (κ1) is 29.6. The van der Waals surface area contributed by atoms with Crippen molar-refractivity contribution in [1.29, 1.82) is 0 Å². The Morgan fingerprint density at radius 2 is 1.33 bits per heavy atom. The summed E-state index contributed by atoms with van der Waals surface area (Å²) in [6.45, 7) is 2.32. The lowest BCUT2D eigenvalue weighted by atomic mass is 9.78. The smallest absolute Gasteiger partial charge is 0.163 e. The second-order valence-electron chi connectivity index (χ2n) is 13.6. The van der Waals surface area contributed by atoms with E-state index in [1.165, 1.54) is 44.2 Å². The van der Waals surface area contributed by atoms with Gasteiger partial charge in [0, 0.05) is 50.5 Å². The van der Waals surface area contributed by atoms with Crippen molar-refractivity contribution < 1.29 is 4.42 Å². The van der Waals surface area contributed by atoms with E-state index in [0.717, 1.165) is 52.5 Å². The van der Waals surface area contributed by atoms with Gasteiger partial charge in [-0.25, -0.2) is 9.97 Å². The average molecular weight is 658 g/mol. The molecule has 5 aromatic carbocycles. The first-order valence-electron chi connectivity index (χ1n) is 17.8. The van der Waals surface area contributed by atoms with Crippen LogP contribution in [0.2, 0.25) is 0 Å². The summed E-state index contributed by atoms with van der Waals surface area (Å²) in [7, 11) is 0. The van der Waals surface area contributed by atoms with Crippen molar-refractivity contribution in [2.24, 2.45) is 0 Å². The van der Waals surface area contributed by atoms with Gasteiger partial charge >= 0.3 is 0 Å². The Kier molecular flexibility index (Phi) is 6.95. The molecule has 2 atom stereocenters. The highest BCUT2D eigenvalue weighted by Crippen LogP contribution is 2.49. The van der Waals surface area contributed by atoms with Gasteiger partial charge in [0.15, 0.2) is 5.82 Å². The van der Waals surface area contributed by atoms with E-state index >= 15 is 0 Å². The van der Waals surface area contributed by atoms with Crippen LogP contribution in [0, 0.1) is 0 Å². The summed E-state index contributed by atoms with van der Waals surface area (Å²) in [6, 6.07) is 49.1. The minimum Gasteiger partial charge on any atom is -0.460 e. The lowest BCUT2D eigenvalue weighted by Crippen LogP contribution is -2.12. The summed E-state index contributed by atoms with van der Waals surface area (Å²) in [5.41, 5.74) is 12.3. The van der Waals surface area contributed by atoms with E-state index in [0.29, 0.717) is 5.82 Å². The topological polar surface area (TPSA) is 43.9 Å². The maximum absolute atomic E-state index is 7.03. The van der Waals surface area contributed by atoms with Crippen molar-refractivity contribution in [3.8, 4) is 28.2 Å². The molecule has 0 spiro atoms. The van der Waals surface area contributed by atoms with Gasteiger partial charge in [0.1, 0.15) is 11.5 Å². The van der Waals surface area contributed by atoms with Crippen LogP contribution in [-0.2, 0) is 6.42 Å². The van der Waals surface area contributed by atoms with Crippen LogP contribution in [0.25, 0.3) is 61.7 Å². The number of benzene rings is 5. The summed E-state index contributed by atoms with van der Waals surface area (Å²) in [5, 5.41) is 2.54. The molecule has 10 rings (SSSR count). The molecule has 4 nitrogen and oxygen atoms in total. The highest BCUT2D eigenvalue weighted by molar-refractivity contribution is 6.10. The van der Waals surface area contributed by atoms with Gasteiger partial charge in [-0.1, -0.05) is 140 Å². The Balaban J connectivity index is 1.10. The monoisotopic (exact) mass is 657 g/mol. The van der Waals surface area contributed by atoms with Crippen LogP contribution < -0.4 is 0 Å². The van der Waals surface area contributed by atoms with Crippen LogP contribution in [0.1, 0.15) is 59.2 Å². The summed E-state index contributed by atoms with van der Waals surface area (Å²) in [6.07, 6.45) is 8.83. The number of furan rings is 1. The predicted molar refractivity (Wildman–Crippen MR) is 208 cm³/mol. The van der Waals surface area contributed by atoms with Gasteiger partial charge in [-0.3, -0.25) is 0 Å². The van der Waals surface area contributed by atoms with E-state index < -0.39 is 0 Å². The normalized spacial score (nSPS) is 16.6. The molecule has 51 heavy (non-hydrogen) atoms. The standard InChI is InChI=1S/C47H35N3O/c1-30-34(36-22-13-23-37-35-21-11-12-26-43(35)50(44(36)37)33-19-9-4-10-20-33)27-28-39-38-24-14-25-40(46(38)51-45(30)39)47-48-41(31-15-5-2-6-16-31)29-42(49-47)32-17-7-3-8-18-32/h2-13,15-23,25-30,34H,14,24H2,1H3. The average Bonchev–Trinajstić information content (AvgIpc) is 3.76. The summed E-state index contributed by atoms with van der Waals surface area (Å²) >= 11 is 0. The molecule has 2 unspecified atom stereocenters. The fourth-order valence-corrected chi connectivity index (χ4v) is 8.27. The van der Waals surface area contributed by atoms with Gasteiger partial charge in [-0.15, -0.1) is 0 Å². The zero-order valence-electron chi connectivity index (χ0n) is 28.3. The molecule has 3 aromatic heterocycles. The van der Waals surface area contributed by atoms with E-state index in [1.807, 2.05) is 12.1 Å². The quantitative estimate of drug-likeness (QED) is 0.185. The van der Waals surface area contributed by atoms with Crippen molar-refractivity contribution in [1.82, 2.24) is 14.5 Å². The van der Waals surface area contributed by atoms with Gasteiger partial charge in [0.25, 0.3) is 0 Å². The Morgan fingerprint density at radius 3 is 2.06 bits per heavy atom. The van der Waals surface area contributed by atoms with Crippen LogP contribution in [0.4, 0.5) is 0 Å². The maximum Gasteiger partial charge on any atom is 0.163 e. The van der Waals surface area contributed by atoms with Crippen LogP contribution in [0.5, 0.6) is 0 Å². The fraction of sp³-hybridized carbons (Fsp3) is 0.106. The molecule has 8 aromatic rings. The molecule has 0 N–H and O–H groups in total. The highest BCUT2D eigenvalue weighted by Gasteiger charge is 2.35. The van der Waals surface area contributed by atoms with Crippen LogP contribution >= 0.6 is 0 Å². The molecular formula is C47H35N3O. The zero-order valence-corrected chi connectivity index (χ0v) is 28.3. The van der Waals surface area contributed by atoms with Crippen molar-refractivity contribution in [3.63, 3.8) is 0 Å². The molecule has 0 amide bonds. The summed E-state index contributed by atoms with van der Waals surface area (Å²) in [5.74, 6) is 2.91. The number of nitrogens with zero attached hydrogens (tertiary/aromatic N) is 3. The van der Waals surface area contributed by atoms with E-state index in [1.54, 1.807) is 0 Å². The van der Waals surface area contributed by atoms with E-state index in [9.17, 15) is 0 Å². The van der Waals surface area contributed by atoms with Crippen LogP contribution in [0.15, 0.2) is 156 Å². The lowest BCUT2D eigenvalue weighted by Gasteiger charge is -2.25. The molecule has 3 heterocycles. The number of fused-ring (bicyclic) bond motifs is 6. The van der Waals surface area contributed by atoms with Gasteiger partial charge in [0.05, 0.1) is 28.0 Å². The van der Waals surface area contributed by atoms with Crippen molar-refractivity contribution in [3.05, 3.63) is 186 Å². The predicted octanol–water partition coefficient (Wildman–Crippen LogP) is 11.8. The number of hydrogen-bond donors (Lipinski definition) is 0. The van der Waals surface area contributed by atoms with Gasteiger partial charge in [0.2, 0.25) is 0 Å². The largest absolute Gasteiger partial charge is 0.460 e. The third-order valence-corrected chi connectivity index (χ3v) is 10.7. The minimum atomic E-state index is 0.126. The molecular weight excluding hydrogens is 623 g/mol. The second-order valence-corrected chi connectivity index (χ2v) is 13.6. The Hall–Kier alpha value is -6.26. The molecule has 0 saturated carbocycles. The molecule has 4 heteroatoms. The maximum atomic E-state index is 7.03. The molecule has 0 bridgehead atoms. The summed E-state index contributed by atoms with van der Waals surface area (Å²) < 4.78 is 9.47. The number of rotatable bonds is 5. The number of hydrogen-bond acceptors (Lipinski definition) is 3. The molecule has 0 fully saturated rings. The van der Waals surface area contributed by atoms with E-state index in [2.05, 4.69) is 157 Å². The number of para-hydroxylation sites is 3. The third-order valence-electron chi connectivity index (χ3n) is 10.7. The first-order valence-corrected chi connectivity index (χ1v) is 17.8. The number of aromatic nitrogens is 3. The number of allylic oxidation sites excluding steroid dienone is 2. The molecule has 2 aliphatic carbocycles. The van der Waals surface area contributed by atoms with Crippen molar-refractivity contribution in [2.75, 3.05) is 0 Å². The third kappa shape index (κ3) is 4.82. The summed E-state index contributed by atoms with van der Waals surface area (Å²) in [4.78, 5) is 10.3. The minimum absolute atomic E-state index is 0.126. The molecule has 244 valence electrons. The van der Waals surface area contributed by atoms with E-state index in [4.69, 9.17) is 14.4 Å². The van der Waals surface area contributed by atoms with Crippen molar-refractivity contribution in [2.45, 2.75) is 31.6 Å².